The molecule has 0 aliphatic carbocycles. The summed E-state index contributed by atoms with van der Waals surface area (Å²) in [5.74, 6) is 0.346. The second-order valence-electron chi connectivity index (χ2n) is 3.52. The zero-order valence-corrected chi connectivity index (χ0v) is 12.4. The van der Waals surface area contributed by atoms with Crippen LogP contribution in [0.2, 0.25) is 10.0 Å². The molecule has 0 spiro atoms. The third kappa shape index (κ3) is 3.18. The SMILES string of the molecule is O=[N+]([O-])c1c(Cl)cccc1Oc1cc(Br)ccc1Cl. The lowest BCUT2D eigenvalue weighted by atomic mass is 10.3. The van der Waals surface area contributed by atoms with Crippen LogP contribution in [0.5, 0.6) is 11.5 Å². The summed E-state index contributed by atoms with van der Waals surface area (Å²) in [7, 11) is 0. The molecule has 0 atom stereocenters. The molecule has 2 rings (SSSR count). The van der Waals surface area contributed by atoms with Crippen LogP contribution in [-0.4, -0.2) is 4.92 Å². The van der Waals surface area contributed by atoms with Gasteiger partial charge < -0.3 is 4.74 Å². The number of hydrogen-bond acceptors (Lipinski definition) is 3. The molecule has 0 amide bonds. The van der Waals surface area contributed by atoms with E-state index < -0.39 is 4.92 Å². The molecule has 7 heteroatoms. The number of rotatable bonds is 3. The molecule has 0 fully saturated rings. The summed E-state index contributed by atoms with van der Waals surface area (Å²) in [4.78, 5) is 10.4. The van der Waals surface area contributed by atoms with Crippen LogP contribution >= 0.6 is 39.1 Å². The van der Waals surface area contributed by atoms with E-state index >= 15 is 0 Å². The lowest BCUT2D eigenvalue weighted by Gasteiger charge is -2.08. The van der Waals surface area contributed by atoms with E-state index in [1.165, 1.54) is 12.1 Å². The molecule has 98 valence electrons. The zero-order valence-electron chi connectivity index (χ0n) is 9.27. The van der Waals surface area contributed by atoms with Crippen molar-refractivity contribution in [3.05, 3.63) is 61.0 Å². The first-order valence-electron chi connectivity index (χ1n) is 5.05. The van der Waals surface area contributed by atoms with Gasteiger partial charge in [-0.15, -0.1) is 0 Å². The zero-order chi connectivity index (χ0) is 14.0. The molecular weight excluding hydrogens is 357 g/mol. The molecule has 2 aromatic carbocycles. The highest BCUT2D eigenvalue weighted by atomic mass is 79.9. The predicted molar refractivity (Wildman–Crippen MR) is 77.3 cm³/mol. The van der Waals surface area contributed by atoms with Gasteiger partial charge in [0.05, 0.1) is 9.95 Å². The summed E-state index contributed by atoms with van der Waals surface area (Å²) in [5.41, 5.74) is -0.291. The van der Waals surface area contributed by atoms with Crippen molar-refractivity contribution in [1.82, 2.24) is 0 Å². The number of nitro groups is 1. The molecule has 0 saturated heterocycles. The fourth-order valence-corrected chi connectivity index (χ4v) is 2.16. The maximum absolute atomic E-state index is 11.0. The lowest BCUT2D eigenvalue weighted by molar-refractivity contribution is -0.385. The average molecular weight is 363 g/mol. The Morgan fingerprint density at radius 2 is 1.84 bits per heavy atom. The highest BCUT2D eigenvalue weighted by Crippen LogP contribution is 2.39. The van der Waals surface area contributed by atoms with Crippen LogP contribution < -0.4 is 4.74 Å². The van der Waals surface area contributed by atoms with Crippen LogP contribution in [0.1, 0.15) is 0 Å². The Morgan fingerprint density at radius 3 is 2.53 bits per heavy atom. The molecular formula is C12H6BrCl2NO3. The summed E-state index contributed by atoms with van der Waals surface area (Å²) >= 11 is 15.0. The summed E-state index contributed by atoms with van der Waals surface area (Å²) in [6.07, 6.45) is 0. The van der Waals surface area contributed by atoms with Crippen molar-refractivity contribution in [1.29, 1.82) is 0 Å². The van der Waals surface area contributed by atoms with Gasteiger partial charge in [0.2, 0.25) is 5.75 Å². The minimum Gasteiger partial charge on any atom is -0.448 e. The molecule has 0 aliphatic rings. The maximum atomic E-state index is 11.0. The van der Waals surface area contributed by atoms with E-state index in [0.29, 0.717) is 10.8 Å². The van der Waals surface area contributed by atoms with Gasteiger partial charge in [0.25, 0.3) is 0 Å². The smallest absolute Gasteiger partial charge is 0.329 e. The van der Waals surface area contributed by atoms with E-state index in [1.54, 1.807) is 24.3 Å². The van der Waals surface area contributed by atoms with E-state index in [0.717, 1.165) is 4.47 Å². The van der Waals surface area contributed by atoms with Crippen LogP contribution in [0.15, 0.2) is 40.9 Å². The van der Waals surface area contributed by atoms with Crippen molar-refractivity contribution in [3.63, 3.8) is 0 Å². The molecule has 19 heavy (non-hydrogen) atoms. The molecule has 0 aliphatic heterocycles. The maximum Gasteiger partial charge on any atom is 0.329 e. The largest absolute Gasteiger partial charge is 0.448 e. The number of para-hydroxylation sites is 1. The molecule has 0 heterocycles. The average Bonchev–Trinajstić information content (AvgIpc) is 2.33. The van der Waals surface area contributed by atoms with E-state index in [9.17, 15) is 10.1 Å². The van der Waals surface area contributed by atoms with Crippen LogP contribution in [0.4, 0.5) is 5.69 Å². The second kappa shape index (κ2) is 5.77. The molecule has 0 saturated carbocycles. The summed E-state index contributed by atoms with van der Waals surface area (Å²) < 4.78 is 6.22. The van der Waals surface area contributed by atoms with Crippen molar-refractivity contribution in [2.75, 3.05) is 0 Å². The topological polar surface area (TPSA) is 52.4 Å². The first-order valence-corrected chi connectivity index (χ1v) is 6.59. The van der Waals surface area contributed by atoms with Gasteiger partial charge in [-0.05, 0) is 30.3 Å². The van der Waals surface area contributed by atoms with Gasteiger partial charge in [-0.2, -0.15) is 0 Å². The third-order valence-corrected chi connectivity index (χ3v) is 3.36. The monoisotopic (exact) mass is 361 g/mol. The van der Waals surface area contributed by atoms with Crippen LogP contribution in [0.3, 0.4) is 0 Å². The Labute approximate surface area is 127 Å². The molecule has 0 unspecified atom stereocenters. The highest BCUT2D eigenvalue weighted by molar-refractivity contribution is 9.10. The van der Waals surface area contributed by atoms with Crippen molar-refractivity contribution in [2.45, 2.75) is 0 Å². The molecule has 0 N–H and O–H groups in total. The predicted octanol–water partition coefficient (Wildman–Crippen LogP) is 5.46. The third-order valence-electron chi connectivity index (χ3n) is 2.25. The quantitative estimate of drug-likeness (QED) is 0.538. The van der Waals surface area contributed by atoms with Crippen LogP contribution in [0, 0.1) is 10.1 Å². The van der Waals surface area contributed by atoms with Crippen LogP contribution in [0.25, 0.3) is 0 Å². The fourth-order valence-electron chi connectivity index (χ4n) is 1.43. The van der Waals surface area contributed by atoms with Crippen molar-refractivity contribution < 1.29 is 9.66 Å². The molecule has 0 radical (unpaired) electrons. The molecule has 0 aromatic heterocycles. The Morgan fingerprint density at radius 1 is 1.11 bits per heavy atom. The van der Waals surface area contributed by atoms with E-state index in [2.05, 4.69) is 15.9 Å². The lowest BCUT2D eigenvalue weighted by Crippen LogP contribution is -1.94. The number of hydrogen-bond donors (Lipinski definition) is 0. The van der Waals surface area contributed by atoms with E-state index in [1.807, 2.05) is 0 Å². The Balaban J connectivity index is 2.46. The molecule has 4 nitrogen and oxygen atoms in total. The van der Waals surface area contributed by atoms with Crippen molar-refractivity contribution >= 4 is 44.8 Å². The number of nitro benzene ring substituents is 1. The number of benzene rings is 2. The van der Waals surface area contributed by atoms with Gasteiger partial charge in [0.15, 0.2) is 0 Å². The highest BCUT2D eigenvalue weighted by Gasteiger charge is 2.21. The first kappa shape index (κ1) is 14.1. The summed E-state index contributed by atoms with van der Waals surface area (Å²) in [6, 6.07) is 9.43. The van der Waals surface area contributed by atoms with Gasteiger partial charge in [-0.1, -0.05) is 45.2 Å². The minimum atomic E-state index is -0.594. The normalized spacial score (nSPS) is 10.3. The standard InChI is InChI=1S/C12H6BrCl2NO3/c13-7-4-5-8(14)11(6-7)19-10-3-1-2-9(15)12(10)16(17)18/h1-6H. The first-order chi connectivity index (χ1) is 8.99. The number of nitrogens with zero attached hydrogens (tertiary/aromatic N) is 1. The Bertz CT molecular complexity index is 649. The minimum absolute atomic E-state index is 0.00798. The van der Waals surface area contributed by atoms with Crippen molar-refractivity contribution in [3.8, 4) is 11.5 Å². The van der Waals surface area contributed by atoms with Crippen LogP contribution in [-0.2, 0) is 0 Å². The number of ether oxygens (including phenoxy) is 1. The van der Waals surface area contributed by atoms with Gasteiger partial charge in [0, 0.05) is 4.47 Å². The Kier molecular flexibility index (Phi) is 4.29. The van der Waals surface area contributed by atoms with Gasteiger partial charge in [-0.25, -0.2) is 0 Å². The van der Waals surface area contributed by atoms with E-state index in [4.69, 9.17) is 27.9 Å². The summed E-state index contributed by atoms with van der Waals surface area (Å²) in [6.45, 7) is 0. The Hall–Kier alpha value is -1.30. The second-order valence-corrected chi connectivity index (χ2v) is 5.25. The van der Waals surface area contributed by atoms with Crippen molar-refractivity contribution in [2.24, 2.45) is 0 Å². The van der Waals surface area contributed by atoms with Gasteiger partial charge in [-0.3, -0.25) is 10.1 Å². The summed E-state index contributed by atoms with van der Waals surface area (Å²) in [5, 5.41) is 11.3. The van der Waals surface area contributed by atoms with Gasteiger partial charge >= 0.3 is 5.69 Å². The van der Waals surface area contributed by atoms with E-state index in [-0.39, 0.29) is 16.5 Å². The molecule has 0 bridgehead atoms. The number of halogens is 3. The van der Waals surface area contributed by atoms with Gasteiger partial charge in [0.1, 0.15) is 10.8 Å². The fraction of sp³-hybridized carbons (Fsp3) is 0. The molecule has 2 aromatic rings.